The first kappa shape index (κ1) is 15.0. The largest absolute Gasteiger partial charge is 0.204 e. The molecule has 0 spiro atoms. The lowest BCUT2D eigenvalue weighted by Gasteiger charge is -2.15. The van der Waals surface area contributed by atoms with E-state index in [1.54, 1.807) is 0 Å². The van der Waals surface area contributed by atoms with Crippen molar-refractivity contribution < 1.29 is 8.78 Å². The van der Waals surface area contributed by atoms with Crippen LogP contribution in [0.4, 0.5) is 8.78 Å². The van der Waals surface area contributed by atoms with Crippen LogP contribution in [0, 0.1) is 11.6 Å². The molecule has 0 saturated heterocycles. The second kappa shape index (κ2) is 6.36. The highest BCUT2D eigenvalue weighted by Gasteiger charge is 2.18. The van der Waals surface area contributed by atoms with Gasteiger partial charge < -0.3 is 0 Å². The Morgan fingerprint density at radius 2 is 1.70 bits per heavy atom. The van der Waals surface area contributed by atoms with Crippen LogP contribution >= 0.6 is 11.6 Å². The number of hydrogen-bond donors (Lipinski definition) is 0. The highest BCUT2D eigenvalue weighted by Crippen LogP contribution is 2.32. The predicted molar refractivity (Wildman–Crippen MR) is 79.3 cm³/mol. The van der Waals surface area contributed by atoms with E-state index < -0.39 is 17.0 Å². The standard InChI is InChI=1S/C17H17ClF2/c1-3-11-8-9-13(10-12(11)4-2)16(18)14-6-5-7-15(19)17(14)20/h5-10,16H,3-4H2,1-2H3. The molecule has 2 rings (SSSR count). The Hall–Kier alpha value is -1.41. The van der Waals surface area contributed by atoms with Gasteiger partial charge in [-0.05, 0) is 35.6 Å². The summed E-state index contributed by atoms with van der Waals surface area (Å²) in [5.74, 6) is -1.74. The zero-order chi connectivity index (χ0) is 14.7. The second-order valence-corrected chi connectivity index (χ2v) is 5.18. The number of benzene rings is 2. The number of aryl methyl sites for hydroxylation is 2. The summed E-state index contributed by atoms with van der Waals surface area (Å²) in [6, 6.07) is 9.99. The van der Waals surface area contributed by atoms with Gasteiger partial charge in [-0.1, -0.05) is 44.2 Å². The van der Waals surface area contributed by atoms with E-state index in [4.69, 9.17) is 11.6 Å². The lowest BCUT2D eigenvalue weighted by molar-refractivity contribution is 0.500. The van der Waals surface area contributed by atoms with Crippen LogP contribution < -0.4 is 0 Å². The van der Waals surface area contributed by atoms with Crippen LogP contribution in [0.2, 0.25) is 0 Å². The molecule has 1 unspecified atom stereocenters. The molecule has 0 radical (unpaired) electrons. The first-order chi connectivity index (χ1) is 9.58. The summed E-state index contributed by atoms with van der Waals surface area (Å²) >= 11 is 6.33. The fourth-order valence-corrected chi connectivity index (χ4v) is 2.68. The first-order valence-electron chi connectivity index (χ1n) is 6.78. The summed E-state index contributed by atoms with van der Waals surface area (Å²) in [5, 5.41) is -0.679. The zero-order valence-electron chi connectivity index (χ0n) is 11.6. The quantitative estimate of drug-likeness (QED) is 0.661. The number of alkyl halides is 1. The van der Waals surface area contributed by atoms with Crippen molar-refractivity contribution in [3.05, 3.63) is 70.3 Å². The third-order valence-electron chi connectivity index (χ3n) is 3.54. The lowest BCUT2D eigenvalue weighted by Crippen LogP contribution is -2.01. The second-order valence-electron chi connectivity index (χ2n) is 4.74. The van der Waals surface area contributed by atoms with Crippen LogP contribution in [0.15, 0.2) is 36.4 Å². The van der Waals surface area contributed by atoms with E-state index in [0.29, 0.717) is 0 Å². The average molecular weight is 295 g/mol. The maximum atomic E-state index is 13.8. The third-order valence-corrected chi connectivity index (χ3v) is 4.03. The molecule has 2 aromatic carbocycles. The van der Waals surface area contributed by atoms with Crippen molar-refractivity contribution in [3.8, 4) is 0 Å². The van der Waals surface area contributed by atoms with Gasteiger partial charge in [0.1, 0.15) is 0 Å². The van der Waals surface area contributed by atoms with E-state index in [2.05, 4.69) is 13.8 Å². The van der Waals surface area contributed by atoms with Crippen LogP contribution in [0.1, 0.15) is 41.5 Å². The van der Waals surface area contributed by atoms with Crippen molar-refractivity contribution in [2.75, 3.05) is 0 Å². The minimum atomic E-state index is -0.870. The number of halogens is 3. The summed E-state index contributed by atoms with van der Waals surface area (Å²) in [7, 11) is 0. The fraction of sp³-hybridized carbons (Fsp3) is 0.294. The van der Waals surface area contributed by atoms with Crippen LogP contribution in [0.5, 0.6) is 0 Å². The maximum absolute atomic E-state index is 13.8. The van der Waals surface area contributed by atoms with E-state index in [-0.39, 0.29) is 5.56 Å². The summed E-state index contributed by atoms with van der Waals surface area (Å²) in [6.07, 6.45) is 1.84. The third kappa shape index (κ3) is 2.85. The van der Waals surface area contributed by atoms with Gasteiger partial charge in [-0.15, -0.1) is 11.6 Å². The van der Waals surface area contributed by atoms with Crippen molar-refractivity contribution in [1.82, 2.24) is 0 Å². The van der Waals surface area contributed by atoms with Crippen molar-refractivity contribution >= 4 is 11.6 Å². The molecular formula is C17H17ClF2. The smallest absolute Gasteiger partial charge is 0.163 e. The fourth-order valence-electron chi connectivity index (χ4n) is 2.37. The molecule has 0 bridgehead atoms. The molecule has 0 saturated carbocycles. The molecule has 0 aliphatic carbocycles. The lowest BCUT2D eigenvalue weighted by atomic mass is 9.96. The Morgan fingerprint density at radius 3 is 2.35 bits per heavy atom. The van der Waals surface area contributed by atoms with Crippen LogP contribution in [0.25, 0.3) is 0 Å². The monoisotopic (exact) mass is 294 g/mol. The Balaban J connectivity index is 2.43. The van der Waals surface area contributed by atoms with E-state index in [1.807, 2.05) is 18.2 Å². The summed E-state index contributed by atoms with van der Waals surface area (Å²) < 4.78 is 27.1. The molecule has 0 N–H and O–H groups in total. The minimum absolute atomic E-state index is 0.179. The molecule has 3 heteroatoms. The van der Waals surface area contributed by atoms with Gasteiger partial charge >= 0.3 is 0 Å². The van der Waals surface area contributed by atoms with Crippen LogP contribution in [-0.2, 0) is 12.8 Å². The summed E-state index contributed by atoms with van der Waals surface area (Å²) in [6.45, 7) is 4.17. The topological polar surface area (TPSA) is 0 Å². The number of hydrogen-bond acceptors (Lipinski definition) is 0. The molecule has 0 aromatic heterocycles. The van der Waals surface area contributed by atoms with Gasteiger partial charge in [-0.2, -0.15) is 0 Å². The Morgan fingerprint density at radius 1 is 1.00 bits per heavy atom. The van der Waals surface area contributed by atoms with Gasteiger partial charge in [0.05, 0.1) is 5.38 Å². The summed E-state index contributed by atoms with van der Waals surface area (Å²) in [4.78, 5) is 0. The molecule has 0 nitrogen and oxygen atoms in total. The maximum Gasteiger partial charge on any atom is 0.163 e. The van der Waals surface area contributed by atoms with Gasteiger partial charge in [0.25, 0.3) is 0 Å². The molecule has 1 atom stereocenters. The van der Waals surface area contributed by atoms with E-state index in [0.717, 1.165) is 24.5 Å². The average Bonchev–Trinajstić information content (AvgIpc) is 2.48. The van der Waals surface area contributed by atoms with Gasteiger partial charge in [-0.3, -0.25) is 0 Å². The van der Waals surface area contributed by atoms with Gasteiger partial charge in [0, 0.05) is 5.56 Å². The minimum Gasteiger partial charge on any atom is -0.204 e. The van der Waals surface area contributed by atoms with Crippen molar-refractivity contribution in [1.29, 1.82) is 0 Å². The Labute approximate surface area is 123 Å². The van der Waals surface area contributed by atoms with Crippen LogP contribution in [0.3, 0.4) is 0 Å². The Kier molecular flexibility index (Phi) is 4.77. The molecule has 106 valence electrons. The first-order valence-corrected chi connectivity index (χ1v) is 7.21. The molecule has 0 heterocycles. The van der Waals surface area contributed by atoms with Crippen LogP contribution in [-0.4, -0.2) is 0 Å². The predicted octanol–water partition coefficient (Wildman–Crippen LogP) is 5.42. The zero-order valence-corrected chi connectivity index (χ0v) is 12.3. The van der Waals surface area contributed by atoms with Crippen molar-refractivity contribution in [2.24, 2.45) is 0 Å². The van der Waals surface area contributed by atoms with Gasteiger partial charge in [0.2, 0.25) is 0 Å². The van der Waals surface area contributed by atoms with Gasteiger partial charge in [-0.25, -0.2) is 8.78 Å². The molecule has 0 amide bonds. The molecule has 2 aromatic rings. The van der Waals surface area contributed by atoms with Crippen molar-refractivity contribution in [3.63, 3.8) is 0 Å². The number of rotatable bonds is 4. The molecule has 0 aliphatic heterocycles. The highest BCUT2D eigenvalue weighted by molar-refractivity contribution is 6.22. The van der Waals surface area contributed by atoms with Crippen molar-refractivity contribution in [2.45, 2.75) is 32.1 Å². The molecule has 0 aliphatic rings. The highest BCUT2D eigenvalue weighted by atomic mass is 35.5. The Bertz CT molecular complexity index is 608. The van der Waals surface area contributed by atoms with Gasteiger partial charge in [0.15, 0.2) is 11.6 Å². The van der Waals surface area contributed by atoms with E-state index in [9.17, 15) is 8.78 Å². The molecule has 0 fully saturated rings. The summed E-state index contributed by atoms with van der Waals surface area (Å²) in [5.41, 5.74) is 3.44. The molecule has 20 heavy (non-hydrogen) atoms. The molecular weight excluding hydrogens is 278 g/mol. The normalized spacial score (nSPS) is 12.4. The SMILES string of the molecule is CCc1ccc(C(Cl)c2cccc(F)c2F)cc1CC. The van der Waals surface area contributed by atoms with E-state index in [1.165, 1.54) is 23.3 Å². The van der Waals surface area contributed by atoms with E-state index >= 15 is 0 Å².